The molecule has 2 rings (SSSR count). The van der Waals surface area contributed by atoms with Crippen LogP contribution in [0, 0.1) is 23.1 Å². The molecule has 2 aromatic carbocycles. The normalized spacial score (nSPS) is 12.4. The van der Waals surface area contributed by atoms with Gasteiger partial charge in [0.1, 0.15) is 11.9 Å². The molecule has 2 N–H and O–H groups in total. The lowest BCUT2D eigenvalue weighted by atomic mass is 10.0. The number of esters is 1. The minimum absolute atomic E-state index is 0.195. The molecule has 0 aliphatic rings. The first-order valence-corrected chi connectivity index (χ1v) is 9.29. The van der Waals surface area contributed by atoms with Gasteiger partial charge in [-0.2, -0.15) is 5.26 Å². The fraction of sp³-hybridized carbons (Fsp3) is 0.273. The van der Waals surface area contributed by atoms with E-state index in [0.717, 1.165) is 6.07 Å². The number of hydrogen-bond acceptors (Lipinski definition) is 5. The third-order valence-corrected chi connectivity index (χ3v) is 4.25. The zero-order valence-corrected chi connectivity index (χ0v) is 16.8. The summed E-state index contributed by atoms with van der Waals surface area (Å²) in [6, 6.07) is 12.6. The van der Waals surface area contributed by atoms with E-state index in [-0.39, 0.29) is 11.5 Å². The second-order valence-corrected chi connectivity index (χ2v) is 6.94. The maximum absolute atomic E-state index is 13.8. The van der Waals surface area contributed by atoms with Crippen molar-refractivity contribution in [2.75, 3.05) is 5.32 Å². The largest absolute Gasteiger partial charge is 0.451 e. The number of nitrogens with one attached hydrogen (secondary N) is 2. The molecule has 0 aromatic heterocycles. The quantitative estimate of drug-likeness (QED) is 0.681. The van der Waals surface area contributed by atoms with Crippen molar-refractivity contribution in [2.24, 2.45) is 5.92 Å². The summed E-state index contributed by atoms with van der Waals surface area (Å²) >= 11 is 0. The Labute approximate surface area is 173 Å². The molecular formula is C22H22FN3O4. The van der Waals surface area contributed by atoms with Crippen LogP contribution in [0.1, 0.15) is 36.7 Å². The number of rotatable bonds is 7. The molecule has 8 heteroatoms. The molecule has 30 heavy (non-hydrogen) atoms. The Bertz CT molecular complexity index is 984. The molecule has 0 aliphatic carbocycles. The highest BCUT2D eigenvalue weighted by Crippen LogP contribution is 2.13. The highest BCUT2D eigenvalue weighted by atomic mass is 19.1. The van der Waals surface area contributed by atoms with Gasteiger partial charge >= 0.3 is 5.97 Å². The summed E-state index contributed by atoms with van der Waals surface area (Å²) in [5, 5.41) is 13.9. The van der Waals surface area contributed by atoms with Crippen LogP contribution in [0.5, 0.6) is 0 Å². The minimum atomic E-state index is -1.16. The Kier molecular flexibility index (Phi) is 7.64. The summed E-state index contributed by atoms with van der Waals surface area (Å²) in [4.78, 5) is 37.2. The van der Waals surface area contributed by atoms with E-state index in [2.05, 4.69) is 10.6 Å². The van der Waals surface area contributed by atoms with Crippen LogP contribution in [0.2, 0.25) is 0 Å². The van der Waals surface area contributed by atoms with Crippen LogP contribution in [-0.4, -0.2) is 29.9 Å². The Morgan fingerprint density at radius 2 is 1.77 bits per heavy atom. The lowest BCUT2D eigenvalue weighted by Crippen LogP contribution is -2.47. The summed E-state index contributed by atoms with van der Waals surface area (Å²) in [7, 11) is 0. The maximum Gasteiger partial charge on any atom is 0.329 e. The van der Waals surface area contributed by atoms with Gasteiger partial charge in [0.25, 0.3) is 11.8 Å². The number of anilines is 1. The number of ether oxygens (including phenoxy) is 1. The zero-order chi connectivity index (χ0) is 22.3. The predicted octanol–water partition coefficient (Wildman–Crippen LogP) is 3.02. The number of hydrogen-bond donors (Lipinski definition) is 2. The van der Waals surface area contributed by atoms with Crippen LogP contribution in [0.15, 0.2) is 48.5 Å². The van der Waals surface area contributed by atoms with E-state index in [0.29, 0.717) is 11.3 Å². The Morgan fingerprint density at radius 1 is 1.07 bits per heavy atom. The molecule has 156 valence electrons. The fourth-order valence-electron chi connectivity index (χ4n) is 2.57. The number of halogens is 1. The van der Waals surface area contributed by atoms with Crippen LogP contribution in [0.4, 0.5) is 10.1 Å². The first kappa shape index (κ1) is 22.6. The lowest BCUT2D eigenvalue weighted by Gasteiger charge is -2.23. The van der Waals surface area contributed by atoms with E-state index < -0.39 is 35.7 Å². The van der Waals surface area contributed by atoms with Crippen molar-refractivity contribution in [2.45, 2.75) is 32.9 Å². The smallest absolute Gasteiger partial charge is 0.329 e. The van der Waals surface area contributed by atoms with E-state index >= 15 is 0 Å². The van der Waals surface area contributed by atoms with Crippen molar-refractivity contribution in [3.8, 4) is 6.07 Å². The van der Waals surface area contributed by atoms with Gasteiger partial charge in [-0.15, -0.1) is 0 Å². The van der Waals surface area contributed by atoms with Crippen LogP contribution in [0.3, 0.4) is 0 Å². The number of carbonyl (C=O) groups is 3. The molecular weight excluding hydrogens is 389 g/mol. The van der Waals surface area contributed by atoms with Crippen LogP contribution >= 0.6 is 0 Å². The van der Waals surface area contributed by atoms with E-state index in [1.54, 1.807) is 32.0 Å². The second kappa shape index (κ2) is 10.2. The molecule has 0 heterocycles. The molecule has 0 saturated heterocycles. The molecule has 7 nitrogen and oxygen atoms in total. The van der Waals surface area contributed by atoms with E-state index in [1.165, 1.54) is 31.2 Å². The van der Waals surface area contributed by atoms with E-state index in [1.807, 2.05) is 6.07 Å². The van der Waals surface area contributed by atoms with Crippen molar-refractivity contribution < 1.29 is 23.5 Å². The molecule has 0 radical (unpaired) electrons. The molecule has 0 aliphatic heterocycles. The highest BCUT2D eigenvalue weighted by Gasteiger charge is 2.29. The SMILES string of the molecule is CC(C)[C@H](NC(=O)c1ccccc1F)C(=O)O[C@@H](C)C(=O)Nc1cccc(C#N)c1. The van der Waals surface area contributed by atoms with E-state index in [9.17, 15) is 18.8 Å². The van der Waals surface area contributed by atoms with Gasteiger partial charge in [-0.1, -0.05) is 32.0 Å². The van der Waals surface area contributed by atoms with Gasteiger partial charge in [0.2, 0.25) is 0 Å². The average Bonchev–Trinajstić information content (AvgIpc) is 2.71. The van der Waals surface area contributed by atoms with Gasteiger partial charge in [0.05, 0.1) is 17.2 Å². The summed E-state index contributed by atoms with van der Waals surface area (Å²) in [6.07, 6.45) is -1.16. The Hall–Kier alpha value is -3.73. The summed E-state index contributed by atoms with van der Waals surface area (Å²) in [6.45, 7) is 4.76. The van der Waals surface area contributed by atoms with Gasteiger partial charge in [0.15, 0.2) is 6.10 Å². The average molecular weight is 411 g/mol. The molecule has 0 saturated carbocycles. The van der Waals surface area contributed by atoms with Crippen molar-refractivity contribution in [1.29, 1.82) is 5.26 Å². The molecule has 0 spiro atoms. The summed E-state index contributed by atoms with van der Waals surface area (Å²) in [5.41, 5.74) is 0.558. The van der Waals surface area contributed by atoms with Gasteiger partial charge in [-0.25, -0.2) is 9.18 Å². The fourth-order valence-corrected chi connectivity index (χ4v) is 2.57. The third-order valence-electron chi connectivity index (χ3n) is 4.25. The van der Waals surface area contributed by atoms with Crippen LogP contribution < -0.4 is 10.6 Å². The maximum atomic E-state index is 13.8. The number of carbonyl (C=O) groups excluding carboxylic acids is 3. The molecule has 2 aromatic rings. The van der Waals surface area contributed by atoms with Crippen molar-refractivity contribution in [1.82, 2.24) is 5.32 Å². The Balaban J connectivity index is 2.03. The molecule has 2 atom stereocenters. The van der Waals surface area contributed by atoms with Crippen LogP contribution in [0.25, 0.3) is 0 Å². The van der Waals surface area contributed by atoms with Gasteiger partial charge < -0.3 is 15.4 Å². The molecule has 2 amide bonds. The third kappa shape index (κ3) is 5.88. The summed E-state index contributed by atoms with van der Waals surface area (Å²) in [5.74, 6) is -3.24. The Morgan fingerprint density at radius 3 is 2.40 bits per heavy atom. The second-order valence-electron chi connectivity index (χ2n) is 6.94. The topological polar surface area (TPSA) is 108 Å². The highest BCUT2D eigenvalue weighted by molar-refractivity contribution is 5.98. The molecule has 0 fully saturated rings. The van der Waals surface area contributed by atoms with Gasteiger partial charge in [0, 0.05) is 5.69 Å². The first-order valence-electron chi connectivity index (χ1n) is 9.29. The predicted molar refractivity (Wildman–Crippen MR) is 108 cm³/mol. The number of amides is 2. The standard InChI is InChI=1S/C22H22FN3O4/c1-13(2)19(26-21(28)17-9-4-5-10-18(17)23)22(29)30-14(3)20(27)25-16-8-6-7-15(11-16)12-24/h4-11,13-14,19H,1-3H3,(H,25,27)(H,26,28)/t14-,19-/m0/s1. The molecule has 0 bridgehead atoms. The van der Waals surface area contributed by atoms with Crippen molar-refractivity contribution in [3.05, 3.63) is 65.5 Å². The van der Waals surface area contributed by atoms with Crippen LogP contribution in [-0.2, 0) is 14.3 Å². The van der Waals surface area contributed by atoms with Crippen molar-refractivity contribution >= 4 is 23.5 Å². The number of benzene rings is 2. The van der Waals surface area contributed by atoms with Crippen molar-refractivity contribution in [3.63, 3.8) is 0 Å². The van der Waals surface area contributed by atoms with Gasteiger partial charge in [-0.05, 0) is 43.2 Å². The minimum Gasteiger partial charge on any atom is -0.451 e. The first-order chi connectivity index (χ1) is 14.2. The summed E-state index contributed by atoms with van der Waals surface area (Å²) < 4.78 is 19.0. The number of nitriles is 1. The molecule has 0 unspecified atom stereocenters. The van der Waals surface area contributed by atoms with E-state index in [4.69, 9.17) is 10.00 Å². The lowest BCUT2D eigenvalue weighted by molar-refractivity contribution is -0.156. The zero-order valence-electron chi connectivity index (χ0n) is 16.8. The van der Waals surface area contributed by atoms with Gasteiger partial charge in [-0.3, -0.25) is 9.59 Å². The monoisotopic (exact) mass is 411 g/mol. The number of nitrogens with zero attached hydrogens (tertiary/aromatic N) is 1.